The Morgan fingerprint density at radius 1 is 1.33 bits per heavy atom. The third-order valence-corrected chi connectivity index (χ3v) is 5.08. The number of carbonyl (C=O) groups excluding carboxylic acids is 1. The maximum Gasteiger partial charge on any atom is 0.338 e. The maximum atomic E-state index is 12.2. The third-order valence-electron chi connectivity index (χ3n) is 5.08. The SMILES string of the molecule is CC1(N=[N+]=[N-])C[C@H]2CC(OC(=O)c3ccc([N+](=O)[O-])cc3)C[C@H]2C1. The second-order valence-corrected chi connectivity index (χ2v) is 6.92. The molecule has 2 aliphatic carbocycles. The van der Waals surface area contributed by atoms with Crippen molar-refractivity contribution in [3.05, 3.63) is 50.4 Å². The van der Waals surface area contributed by atoms with E-state index in [-0.39, 0.29) is 17.3 Å². The van der Waals surface area contributed by atoms with Crippen LogP contribution in [-0.2, 0) is 4.74 Å². The molecule has 2 aliphatic rings. The Morgan fingerprint density at radius 2 is 1.92 bits per heavy atom. The average Bonchev–Trinajstić information content (AvgIpc) is 3.01. The molecule has 1 aromatic rings. The van der Waals surface area contributed by atoms with Gasteiger partial charge in [-0.2, -0.15) is 0 Å². The van der Waals surface area contributed by atoms with Crippen molar-refractivity contribution >= 4 is 11.7 Å². The fourth-order valence-corrected chi connectivity index (χ4v) is 4.09. The average molecular weight is 330 g/mol. The van der Waals surface area contributed by atoms with E-state index in [0.717, 1.165) is 25.7 Å². The molecular weight excluding hydrogens is 312 g/mol. The van der Waals surface area contributed by atoms with Crippen molar-refractivity contribution in [2.24, 2.45) is 17.0 Å². The van der Waals surface area contributed by atoms with Crippen LogP contribution in [0.4, 0.5) is 5.69 Å². The van der Waals surface area contributed by atoms with Gasteiger partial charge in [0.25, 0.3) is 5.69 Å². The highest BCUT2D eigenvalue weighted by atomic mass is 16.6. The van der Waals surface area contributed by atoms with E-state index in [1.54, 1.807) is 0 Å². The van der Waals surface area contributed by atoms with E-state index in [1.165, 1.54) is 24.3 Å². The summed E-state index contributed by atoms with van der Waals surface area (Å²) in [4.78, 5) is 25.2. The summed E-state index contributed by atoms with van der Waals surface area (Å²) in [5, 5.41) is 14.5. The van der Waals surface area contributed by atoms with Crippen molar-refractivity contribution in [1.29, 1.82) is 0 Å². The summed E-state index contributed by atoms with van der Waals surface area (Å²) in [7, 11) is 0. The third kappa shape index (κ3) is 3.19. The number of nitro groups is 1. The number of nitro benzene ring substituents is 1. The molecule has 2 saturated carbocycles. The molecule has 0 spiro atoms. The summed E-state index contributed by atoms with van der Waals surface area (Å²) in [5.74, 6) is 0.373. The van der Waals surface area contributed by atoms with E-state index in [4.69, 9.17) is 10.3 Å². The highest BCUT2D eigenvalue weighted by molar-refractivity contribution is 5.89. The van der Waals surface area contributed by atoms with Gasteiger partial charge in [0, 0.05) is 22.6 Å². The lowest BCUT2D eigenvalue weighted by atomic mass is 9.97. The lowest BCUT2D eigenvalue weighted by Crippen LogP contribution is -2.21. The van der Waals surface area contributed by atoms with E-state index in [9.17, 15) is 14.9 Å². The minimum atomic E-state index is -0.506. The van der Waals surface area contributed by atoms with Gasteiger partial charge in [-0.3, -0.25) is 10.1 Å². The topological polar surface area (TPSA) is 118 Å². The number of fused-ring (bicyclic) bond motifs is 1. The number of non-ortho nitro benzene ring substituents is 1. The monoisotopic (exact) mass is 330 g/mol. The van der Waals surface area contributed by atoms with Gasteiger partial charge in [0.05, 0.1) is 10.5 Å². The summed E-state index contributed by atoms with van der Waals surface area (Å²) in [6, 6.07) is 5.42. The molecule has 8 heteroatoms. The van der Waals surface area contributed by atoms with E-state index in [1.807, 2.05) is 6.92 Å². The Balaban J connectivity index is 1.58. The number of esters is 1. The van der Waals surface area contributed by atoms with Gasteiger partial charge < -0.3 is 4.74 Å². The predicted molar refractivity (Wildman–Crippen MR) is 85.3 cm³/mol. The first-order valence-corrected chi connectivity index (χ1v) is 7.92. The van der Waals surface area contributed by atoms with Gasteiger partial charge in [-0.05, 0) is 55.2 Å². The van der Waals surface area contributed by atoms with Gasteiger partial charge in [-0.15, -0.1) is 0 Å². The van der Waals surface area contributed by atoms with Crippen LogP contribution in [0.3, 0.4) is 0 Å². The number of hydrogen-bond donors (Lipinski definition) is 0. The van der Waals surface area contributed by atoms with Gasteiger partial charge in [0.15, 0.2) is 0 Å². The van der Waals surface area contributed by atoms with E-state index < -0.39 is 10.9 Å². The zero-order chi connectivity index (χ0) is 17.3. The van der Waals surface area contributed by atoms with Crippen LogP contribution in [0.5, 0.6) is 0 Å². The zero-order valence-corrected chi connectivity index (χ0v) is 13.3. The van der Waals surface area contributed by atoms with Crippen LogP contribution in [-0.4, -0.2) is 22.5 Å². The summed E-state index contributed by atoms with van der Waals surface area (Å²) in [6.07, 6.45) is 3.07. The van der Waals surface area contributed by atoms with Crippen LogP contribution in [0.15, 0.2) is 29.4 Å². The van der Waals surface area contributed by atoms with E-state index in [0.29, 0.717) is 17.4 Å². The fourth-order valence-electron chi connectivity index (χ4n) is 4.09. The lowest BCUT2D eigenvalue weighted by molar-refractivity contribution is -0.384. The summed E-state index contributed by atoms with van der Waals surface area (Å²) in [6.45, 7) is 1.98. The molecule has 0 aromatic heterocycles. The number of ether oxygens (including phenoxy) is 1. The highest BCUT2D eigenvalue weighted by Gasteiger charge is 2.47. The Labute approximate surface area is 138 Å². The van der Waals surface area contributed by atoms with Crippen LogP contribution in [0, 0.1) is 22.0 Å². The number of azide groups is 1. The van der Waals surface area contributed by atoms with Gasteiger partial charge in [-0.25, -0.2) is 4.79 Å². The van der Waals surface area contributed by atoms with Gasteiger partial charge in [0.2, 0.25) is 0 Å². The summed E-state index contributed by atoms with van der Waals surface area (Å²) >= 11 is 0. The Morgan fingerprint density at radius 3 is 2.42 bits per heavy atom. The second-order valence-electron chi connectivity index (χ2n) is 6.92. The first-order valence-electron chi connectivity index (χ1n) is 7.92. The second kappa shape index (κ2) is 6.13. The van der Waals surface area contributed by atoms with Crippen LogP contribution in [0.2, 0.25) is 0 Å². The van der Waals surface area contributed by atoms with Gasteiger partial charge in [0.1, 0.15) is 6.10 Å². The molecule has 4 atom stereocenters. The molecule has 0 heterocycles. The van der Waals surface area contributed by atoms with Crippen molar-refractivity contribution in [3.8, 4) is 0 Å². The van der Waals surface area contributed by atoms with Crippen molar-refractivity contribution in [3.63, 3.8) is 0 Å². The molecule has 126 valence electrons. The molecule has 0 aliphatic heterocycles. The van der Waals surface area contributed by atoms with Crippen LogP contribution in [0.25, 0.3) is 10.4 Å². The minimum Gasteiger partial charge on any atom is -0.459 e. The zero-order valence-electron chi connectivity index (χ0n) is 13.3. The number of benzene rings is 1. The lowest BCUT2D eigenvalue weighted by Gasteiger charge is -2.20. The summed E-state index contributed by atoms with van der Waals surface area (Å²) < 4.78 is 5.55. The number of hydrogen-bond acceptors (Lipinski definition) is 5. The predicted octanol–water partition coefficient (Wildman–Crippen LogP) is 4.01. The molecule has 2 unspecified atom stereocenters. The van der Waals surface area contributed by atoms with Crippen molar-refractivity contribution in [2.45, 2.75) is 44.2 Å². The summed E-state index contributed by atoms with van der Waals surface area (Å²) in [5.41, 5.74) is 8.59. The molecule has 2 fully saturated rings. The number of rotatable bonds is 4. The molecule has 3 rings (SSSR count). The maximum absolute atomic E-state index is 12.2. The van der Waals surface area contributed by atoms with Crippen molar-refractivity contribution < 1.29 is 14.5 Å². The molecular formula is C16H18N4O4. The van der Waals surface area contributed by atoms with Gasteiger partial charge >= 0.3 is 5.97 Å². The largest absolute Gasteiger partial charge is 0.459 e. The first kappa shape index (κ1) is 16.3. The Kier molecular flexibility index (Phi) is 4.15. The quantitative estimate of drug-likeness (QED) is 0.207. The smallest absolute Gasteiger partial charge is 0.338 e. The molecule has 0 saturated heterocycles. The number of nitrogens with zero attached hydrogens (tertiary/aromatic N) is 4. The molecule has 1 aromatic carbocycles. The highest BCUT2D eigenvalue weighted by Crippen LogP contribution is 2.51. The van der Waals surface area contributed by atoms with E-state index in [2.05, 4.69) is 10.0 Å². The molecule has 0 N–H and O–H groups in total. The molecule has 0 bridgehead atoms. The Hall–Kier alpha value is -2.60. The first-order chi connectivity index (χ1) is 11.4. The Bertz CT molecular complexity index is 697. The minimum absolute atomic E-state index is 0.0562. The van der Waals surface area contributed by atoms with Crippen LogP contribution >= 0.6 is 0 Å². The fraction of sp³-hybridized carbons (Fsp3) is 0.562. The standard InChI is InChI=1S/C16H18N4O4/c1-16(18-19-17)8-11-6-14(7-12(11)9-16)24-15(21)10-2-4-13(5-3-10)20(22)23/h2-5,11-12,14H,6-9H2,1H3/t11-,12+,14?,16?. The van der Waals surface area contributed by atoms with Crippen molar-refractivity contribution in [2.75, 3.05) is 0 Å². The van der Waals surface area contributed by atoms with E-state index >= 15 is 0 Å². The normalized spacial score (nSPS) is 31.1. The molecule has 24 heavy (non-hydrogen) atoms. The molecule has 0 radical (unpaired) electrons. The van der Waals surface area contributed by atoms with Crippen molar-refractivity contribution in [1.82, 2.24) is 0 Å². The molecule has 8 nitrogen and oxygen atoms in total. The molecule has 0 amide bonds. The van der Waals surface area contributed by atoms with Gasteiger partial charge in [-0.1, -0.05) is 12.0 Å². The van der Waals surface area contributed by atoms with Crippen LogP contribution < -0.4 is 0 Å². The number of carbonyl (C=O) groups is 1. The van der Waals surface area contributed by atoms with Crippen LogP contribution in [0.1, 0.15) is 43.0 Å².